The number of halogens is 1. The number of guanidine groups is 1. The zero-order valence-electron chi connectivity index (χ0n) is 10.5. The van der Waals surface area contributed by atoms with E-state index in [1.807, 2.05) is 30.3 Å². The maximum Gasteiger partial charge on any atom is 0.211 e. The van der Waals surface area contributed by atoms with E-state index < -0.39 is 0 Å². The molecule has 0 unspecified atom stereocenters. The Morgan fingerprint density at radius 1 is 1.00 bits per heavy atom. The molecule has 0 aliphatic heterocycles. The Labute approximate surface area is 121 Å². The normalized spacial score (nSPS) is 11.2. The van der Waals surface area contributed by atoms with E-state index in [9.17, 15) is 5.11 Å². The molecule has 0 radical (unpaired) electrons. The summed E-state index contributed by atoms with van der Waals surface area (Å²) in [4.78, 5) is 0. The summed E-state index contributed by atoms with van der Waals surface area (Å²) in [6, 6.07) is 13.9. The zero-order valence-corrected chi connectivity index (χ0v) is 11.2. The van der Waals surface area contributed by atoms with Crippen molar-refractivity contribution in [2.24, 2.45) is 21.7 Å². The molecule has 5 N–H and O–H groups in total. The van der Waals surface area contributed by atoms with E-state index in [2.05, 4.69) is 10.2 Å². The summed E-state index contributed by atoms with van der Waals surface area (Å²) in [5.74, 6) is -0.122. The van der Waals surface area contributed by atoms with Crippen LogP contribution in [0.3, 0.4) is 0 Å². The average molecular weight is 289 g/mol. The molecule has 2 rings (SSSR count). The second kappa shape index (κ2) is 6.08. The van der Waals surface area contributed by atoms with Crippen LogP contribution in [0, 0.1) is 0 Å². The molecule has 0 saturated carbocycles. The van der Waals surface area contributed by atoms with Crippen molar-refractivity contribution >= 4 is 23.3 Å². The van der Waals surface area contributed by atoms with Crippen molar-refractivity contribution in [3.05, 3.63) is 64.7 Å². The maximum absolute atomic E-state index is 9.98. The molecule has 0 amide bonds. The highest BCUT2D eigenvalue weighted by atomic mass is 35.5. The number of benzene rings is 2. The molecule has 0 aromatic heterocycles. The summed E-state index contributed by atoms with van der Waals surface area (Å²) >= 11 is 5.96. The lowest BCUT2D eigenvalue weighted by Gasteiger charge is -2.08. The van der Waals surface area contributed by atoms with Gasteiger partial charge in [-0.05, 0) is 18.2 Å². The molecule has 0 atom stereocenters. The van der Waals surface area contributed by atoms with Crippen molar-refractivity contribution in [2.45, 2.75) is 0 Å². The minimum Gasteiger partial charge on any atom is -0.507 e. The second-order valence-electron chi connectivity index (χ2n) is 4.00. The Balaban J connectivity index is 2.61. The minimum atomic E-state index is -0.167. The molecule has 0 heterocycles. The summed E-state index contributed by atoms with van der Waals surface area (Å²) in [5.41, 5.74) is 12.2. The highest BCUT2D eigenvalue weighted by Gasteiger charge is 2.12. The van der Waals surface area contributed by atoms with Crippen LogP contribution in [0.5, 0.6) is 5.75 Å². The number of nitrogens with zero attached hydrogens (tertiary/aromatic N) is 2. The van der Waals surface area contributed by atoms with Crippen molar-refractivity contribution in [1.82, 2.24) is 0 Å². The Morgan fingerprint density at radius 2 is 1.70 bits per heavy atom. The van der Waals surface area contributed by atoms with Gasteiger partial charge < -0.3 is 16.6 Å². The van der Waals surface area contributed by atoms with E-state index in [1.165, 1.54) is 6.07 Å². The Kier molecular flexibility index (Phi) is 4.22. The monoisotopic (exact) mass is 288 g/mol. The molecule has 2 aromatic carbocycles. The molecule has 102 valence electrons. The summed E-state index contributed by atoms with van der Waals surface area (Å²) < 4.78 is 0. The van der Waals surface area contributed by atoms with E-state index in [0.29, 0.717) is 16.3 Å². The predicted molar refractivity (Wildman–Crippen MR) is 81.0 cm³/mol. The predicted octanol–water partition coefficient (Wildman–Crippen LogP) is 2.07. The van der Waals surface area contributed by atoms with Gasteiger partial charge in [0.05, 0.1) is 0 Å². The van der Waals surface area contributed by atoms with Crippen molar-refractivity contribution in [2.75, 3.05) is 0 Å². The number of hydrogen-bond donors (Lipinski definition) is 3. The first kappa shape index (κ1) is 13.9. The summed E-state index contributed by atoms with van der Waals surface area (Å²) in [6.45, 7) is 0. The van der Waals surface area contributed by atoms with Gasteiger partial charge in [0.25, 0.3) is 0 Å². The van der Waals surface area contributed by atoms with Crippen LogP contribution in [-0.2, 0) is 0 Å². The fourth-order valence-corrected chi connectivity index (χ4v) is 1.84. The lowest BCUT2D eigenvalue weighted by atomic mass is 10.0. The lowest BCUT2D eigenvalue weighted by Crippen LogP contribution is -2.22. The summed E-state index contributed by atoms with van der Waals surface area (Å²) in [6.07, 6.45) is 0. The summed E-state index contributed by atoms with van der Waals surface area (Å²) in [7, 11) is 0. The van der Waals surface area contributed by atoms with E-state index >= 15 is 0 Å². The van der Waals surface area contributed by atoms with Crippen LogP contribution in [0.25, 0.3) is 0 Å². The standard InChI is InChI=1S/C14H13ClN4O/c15-10-6-7-12(20)11(8-10)13(18-19-14(16)17)9-4-2-1-3-5-9/h1-8,20H,(H4,16,17,19)/b18-13+. The second-order valence-corrected chi connectivity index (χ2v) is 4.44. The van der Waals surface area contributed by atoms with Gasteiger partial charge in [0.15, 0.2) is 0 Å². The van der Waals surface area contributed by atoms with Crippen LogP contribution >= 0.6 is 11.6 Å². The molecule has 0 aliphatic carbocycles. The van der Waals surface area contributed by atoms with Gasteiger partial charge in [0.2, 0.25) is 5.96 Å². The van der Waals surface area contributed by atoms with E-state index in [0.717, 1.165) is 5.56 Å². The molecule has 6 heteroatoms. The van der Waals surface area contributed by atoms with E-state index in [1.54, 1.807) is 12.1 Å². The van der Waals surface area contributed by atoms with Gasteiger partial charge in [-0.1, -0.05) is 41.9 Å². The fraction of sp³-hybridized carbons (Fsp3) is 0. The largest absolute Gasteiger partial charge is 0.507 e. The Morgan fingerprint density at radius 3 is 2.35 bits per heavy atom. The van der Waals surface area contributed by atoms with Crippen LogP contribution in [0.1, 0.15) is 11.1 Å². The zero-order chi connectivity index (χ0) is 14.5. The number of hydrogen-bond acceptors (Lipinski definition) is 3. The number of phenols is 1. The SMILES string of the molecule is NC(N)=N/N=C(\c1ccccc1)c1cc(Cl)ccc1O. The molecule has 5 nitrogen and oxygen atoms in total. The molecule has 0 bridgehead atoms. The minimum absolute atomic E-state index is 0.0443. The van der Waals surface area contributed by atoms with Crippen molar-refractivity contribution in [1.29, 1.82) is 0 Å². The number of phenolic OH excluding ortho intramolecular Hbond substituents is 1. The third-order valence-corrected chi connectivity index (χ3v) is 2.76. The van der Waals surface area contributed by atoms with Crippen LogP contribution in [0.15, 0.2) is 58.7 Å². The first-order valence-electron chi connectivity index (χ1n) is 5.79. The van der Waals surface area contributed by atoms with Crippen molar-refractivity contribution in [3.63, 3.8) is 0 Å². The molecular weight excluding hydrogens is 276 g/mol. The van der Waals surface area contributed by atoms with E-state index in [-0.39, 0.29) is 11.7 Å². The van der Waals surface area contributed by atoms with Crippen LogP contribution in [-0.4, -0.2) is 16.8 Å². The molecule has 20 heavy (non-hydrogen) atoms. The van der Waals surface area contributed by atoms with Gasteiger partial charge in [-0.15, -0.1) is 10.2 Å². The molecule has 0 saturated heterocycles. The quantitative estimate of drug-likeness (QED) is 0.458. The van der Waals surface area contributed by atoms with Crippen molar-refractivity contribution < 1.29 is 5.11 Å². The van der Waals surface area contributed by atoms with Crippen LogP contribution in [0.4, 0.5) is 0 Å². The first-order chi connectivity index (χ1) is 9.58. The molecule has 0 fully saturated rings. The fourth-order valence-electron chi connectivity index (χ4n) is 1.67. The van der Waals surface area contributed by atoms with E-state index in [4.69, 9.17) is 23.1 Å². The maximum atomic E-state index is 9.98. The van der Waals surface area contributed by atoms with Gasteiger partial charge in [-0.2, -0.15) is 0 Å². The molecule has 2 aromatic rings. The van der Waals surface area contributed by atoms with Gasteiger partial charge >= 0.3 is 0 Å². The highest BCUT2D eigenvalue weighted by Crippen LogP contribution is 2.25. The Hall–Kier alpha value is -2.53. The van der Waals surface area contributed by atoms with Gasteiger partial charge in [-0.25, -0.2) is 0 Å². The van der Waals surface area contributed by atoms with Crippen LogP contribution < -0.4 is 11.5 Å². The first-order valence-corrected chi connectivity index (χ1v) is 6.16. The highest BCUT2D eigenvalue weighted by molar-refractivity contribution is 6.31. The Bertz CT molecular complexity index is 664. The summed E-state index contributed by atoms with van der Waals surface area (Å²) in [5, 5.41) is 18.1. The smallest absolute Gasteiger partial charge is 0.211 e. The van der Waals surface area contributed by atoms with Gasteiger partial charge in [-0.3, -0.25) is 0 Å². The van der Waals surface area contributed by atoms with Crippen molar-refractivity contribution in [3.8, 4) is 5.75 Å². The number of nitrogens with two attached hydrogens (primary N) is 2. The van der Waals surface area contributed by atoms with Crippen LogP contribution in [0.2, 0.25) is 5.02 Å². The topological polar surface area (TPSA) is 97.0 Å². The lowest BCUT2D eigenvalue weighted by molar-refractivity contribution is 0.474. The molecule has 0 aliphatic rings. The number of aromatic hydroxyl groups is 1. The molecule has 0 spiro atoms. The average Bonchev–Trinajstić information content (AvgIpc) is 2.43. The third-order valence-electron chi connectivity index (χ3n) is 2.53. The molecular formula is C14H13ClN4O. The van der Waals surface area contributed by atoms with Gasteiger partial charge in [0.1, 0.15) is 11.5 Å². The third kappa shape index (κ3) is 3.27. The van der Waals surface area contributed by atoms with Gasteiger partial charge in [0, 0.05) is 16.1 Å². The number of rotatable bonds is 3.